The molecule has 0 saturated heterocycles. The van der Waals surface area contributed by atoms with Crippen LogP contribution < -0.4 is 23.8 Å². The molecule has 33 heavy (non-hydrogen) atoms. The molecule has 0 amide bonds. The van der Waals surface area contributed by atoms with E-state index in [-0.39, 0.29) is 10.6 Å². The fourth-order valence-electron chi connectivity index (χ4n) is 3.08. The van der Waals surface area contributed by atoms with E-state index in [0.717, 1.165) is 11.1 Å². The number of benzene rings is 3. The summed E-state index contributed by atoms with van der Waals surface area (Å²) in [6.07, 6.45) is 1.36. The largest absolute Gasteiger partial charge is 0.497 e. The molecule has 8 nitrogen and oxygen atoms in total. The Labute approximate surface area is 193 Å². The first-order valence-corrected chi connectivity index (χ1v) is 11.5. The second kappa shape index (κ2) is 10.7. The highest BCUT2D eigenvalue weighted by molar-refractivity contribution is 7.89. The van der Waals surface area contributed by atoms with E-state index in [9.17, 15) is 8.42 Å². The lowest BCUT2D eigenvalue weighted by Crippen LogP contribution is -2.19. The van der Waals surface area contributed by atoms with E-state index in [0.29, 0.717) is 29.4 Å². The van der Waals surface area contributed by atoms with Gasteiger partial charge < -0.3 is 18.9 Å². The molecule has 0 fully saturated rings. The highest BCUT2D eigenvalue weighted by Crippen LogP contribution is 2.31. The molecule has 0 spiro atoms. The van der Waals surface area contributed by atoms with Crippen molar-refractivity contribution in [2.75, 3.05) is 21.3 Å². The average molecular weight is 471 g/mol. The zero-order chi connectivity index (χ0) is 23.8. The van der Waals surface area contributed by atoms with E-state index in [1.807, 2.05) is 31.2 Å². The second-order valence-corrected chi connectivity index (χ2v) is 8.59. The van der Waals surface area contributed by atoms with Crippen LogP contribution in [0.3, 0.4) is 0 Å². The third kappa shape index (κ3) is 5.75. The number of hydrogen-bond acceptors (Lipinski definition) is 7. The van der Waals surface area contributed by atoms with Crippen LogP contribution in [0.1, 0.15) is 16.7 Å². The lowest BCUT2D eigenvalue weighted by atomic mass is 10.1. The van der Waals surface area contributed by atoms with Crippen molar-refractivity contribution in [3.63, 3.8) is 0 Å². The maximum Gasteiger partial charge on any atom is 0.280 e. The van der Waals surface area contributed by atoms with Crippen LogP contribution in [0.2, 0.25) is 0 Å². The van der Waals surface area contributed by atoms with Crippen molar-refractivity contribution in [3.05, 3.63) is 77.4 Å². The molecule has 0 aliphatic rings. The van der Waals surface area contributed by atoms with Gasteiger partial charge in [-0.2, -0.15) is 18.4 Å². The van der Waals surface area contributed by atoms with E-state index in [1.54, 1.807) is 24.3 Å². The van der Waals surface area contributed by atoms with Crippen LogP contribution in [0.15, 0.2) is 70.7 Å². The van der Waals surface area contributed by atoms with Crippen molar-refractivity contribution >= 4 is 16.2 Å². The predicted octanol–water partition coefficient (Wildman–Crippen LogP) is 3.91. The summed E-state index contributed by atoms with van der Waals surface area (Å²) in [5.74, 6) is 1.50. The molecule has 0 bridgehead atoms. The monoisotopic (exact) mass is 470 g/mol. The maximum absolute atomic E-state index is 12.8. The molecule has 0 radical (unpaired) electrons. The van der Waals surface area contributed by atoms with Gasteiger partial charge in [-0.15, -0.1) is 0 Å². The van der Waals surface area contributed by atoms with Gasteiger partial charge in [0.15, 0.2) is 11.5 Å². The Balaban J connectivity index is 1.85. The van der Waals surface area contributed by atoms with Gasteiger partial charge in [-0.05, 0) is 42.3 Å². The standard InChI is InChI=1S/C24H26N2O6S/c1-17-8-5-6-9-19(17)16-32-24-18(10-7-11-22(24)31-4)15-25-26-33(27,28)23-14-20(29-2)12-13-21(23)30-3/h5-15,26H,16H2,1-4H3/b25-15+. The lowest BCUT2D eigenvalue weighted by Gasteiger charge is -2.14. The third-order valence-electron chi connectivity index (χ3n) is 4.90. The Morgan fingerprint density at radius 3 is 2.36 bits per heavy atom. The number of ether oxygens (including phenoxy) is 4. The topological polar surface area (TPSA) is 95.5 Å². The molecule has 0 aliphatic carbocycles. The summed E-state index contributed by atoms with van der Waals surface area (Å²) in [7, 11) is 0.353. The Hall–Kier alpha value is -3.72. The molecule has 9 heteroatoms. The molecule has 0 atom stereocenters. The summed E-state index contributed by atoms with van der Waals surface area (Å²) in [5, 5.41) is 3.93. The van der Waals surface area contributed by atoms with Crippen LogP contribution in [0, 0.1) is 6.92 Å². The number of aryl methyl sites for hydroxylation is 1. The summed E-state index contributed by atoms with van der Waals surface area (Å²) < 4.78 is 47.4. The molecule has 3 aromatic rings. The normalized spacial score (nSPS) is 11.3. The quantitative estimate of drug-likeness (QED) is 0.357. The molecule has 174 valence electrons. The van der Waals surface area contributed by atoms with E-state index in [1.165, 1.54) is 39.7 Å². The van der Waals surface area contributed by atoms with E-state index in [2.05, 4.69) is 9.93 Å². The molecular weight excluding hydrogens is 444 g/mol. The van der Waals surface area contributed by atoms with Gasteiger partial charge in [-0.25, -0.2) is 0 Å². The first-order chi connectivity index (χ1) is 15.9. The minimum absolute atomic E-state index is 0.0943. The summed E-state index contributed by atoms with van der Waals surface area (Å²) in [6.45, 7) is 2.32. The van der Waals surface area contributed by atoms with Gasteiger partial charge in [-0.1, -0.05) is 30.3 Å². The van der Waals surface area contributed by atoms with Crippen LogP contribution >= 0.6 is 0 Å². The van der Waals surface area contributed by atoms with Gasteiger partial charge in [0.1, 0.15) is 23.0 Å². The Morgan fingerprint density at radius 2 is 1.67 bits per heavy atom. The molecule has 0 saturated carbocycles. The number of methoxy groups -OCH3 is 3. The molecule has 3 rings (SSSR count). The van der Waals surface area contributed by atoms with Crippen molar-refractivity contribution in [2.24, 2.45) is 5.10 Å². The lowest BCUT2D eigenvalue weighted by molar-refractivity contribution is 0.283. The highest BCUT2D eigenvalue weighted by atomic mass is 32.2. The van der Waals surface area contributed by atoms with Crippen molar-refractivity contribution in [3.8, 4) is 23.0 Å². The molecule has 1 N–H and O–H groups in total. The third-order valence-corrected chi connectivity index (χ3v) is 6.14. The maximum atomic E-state index is 12.8. The molecule has 0 aliphatic heterocycles. The molecule has 3 aromatic carbocycles. The molecule has 0 heterocycles. The summed E-state index contributed by atoms with van der Waals surface area (Å²) in [6, 6.07) is 17.6. The van der Waals surface area contributed by atoms with Gasteiger partial charge in [0, 0.05) is 11.6 Å². The molecule has 0 unspecified atom stereocenters. The van der Waals surface area contributed by atoms with E-state index in [4.69, 9.17) is 18.9 Å². The summed E-state index contributed by atoms with van der Waals surface area (Å²) in [5.41, 5.74) is 2.67. The van der Waals surface area contributed by atoms with Crippen LogP contribution in [-0.4, -0.2) is 36.0 Å². The van der Waals surface area contributed by atoms with Gasteiger partial charge in [0.25, 0.3) is 10.0 Å². The minimum Gasteiger partial charge on any atom is -0.497 e. The highest BCUT2D eigenvalue weighted by Gasteiger charge is 2.20. The number of nitrogens with zero attached hydrogens (tertiary/aromatic N) is 1. The van der Waals surface area contributed by atoms with Gasteiger partial charge in [0.2, 0.25) is 0 Å². The number of rotatable bonds is 10. The zero-order valence-corrected chi connectivity index (χ0v) is 19.7. The summed E-state index contributed by atoms with van der Waals surface area (Å²) >= 11 is 0. The van der Waals surface area contributed by atoms with Gasteiger partial charge in [0.05, 0.1) is 27.5 Å². The fourth-order valence-corrected chi connectivity index (χ4v) is 4.06. The fraction of sp³-hybridized carbons (Fsp3) is 0.208. The van der Waals surface area contributed by atoms with Crippen molar-refractivity contribution < 1.29 is 27.4 Å². The average Bonchev–Trinajstić information content (AvgIpc) is 2.83. The number of sulfonamides is 1. The Bertz CT molecular complexity index is 1240. The number of para-hydroxylation sites is 1. The second-order valence-electron chi connectivity index (χ2n) is 6.96. The predicted molar refractivity (Wildman–Crippen MR) is 126 cm³/mol. The van der Waals surface area contributed by atoms with Crippen molar-refractivity contribution in [2.45, 2.75) is 18.4 Å². The van der Waals surface area contributed by atoms with Crippen molar-refractivity contribution in [1.82, 2.24) is 4.83 Å². The molecule has 0 aromatic heterocycles. The smallest absolute Gasteiger partial charge is 0.280 e. The van der Waals surface area contributed by atoms with Gasteiger partial charge in [-0.3, -0.25) is 0 Å². The number of hydrogen-bond donors (Lipinski definition) is 1. The van der Waals surface area contributed by atoms with Crippen LogP contribution in [0.4, 0.5) is 0 Å². The van der Waals surface area contributed by atoms with E-state index < -0.39 is 10.0 Å². The van der Waals surface area contributed by atoms with Crippen LogP contribution in [0.25, 0.3) is 0 Å². The zero-order valence-electron chi connectivity index (χ0n) is 18.9. The first kappa shape index (κ1) is 23.9. The number of hydrazone groups is 1. The summed E-state index contributed by atoms with van der Waals surface area (Å²) in [4.78, 5) is 2.11. The van der Waals surface area contributed by atoms with Crippen LogP contribution in [0.5, 0.6) is 23.0 Å². The molecular formula is C24H26N2O6S. The van der Waals surface area contributed by atoms with E-state index >= 15 is 0 Å². The minimum atomic E-state index is -4.02. The van der Waals surface area contributed by atoms with Crippen LogP contribution in [-0.2, 0) is 16.6 Å². The number of nitrogens with one attached hydrogen (secondary N) is 1. The van der Waals surface area contributed by atoms with Crippen molar-refractivity contribution in [1.29, 1.82) is 0 Å². The first-order valence-electron chi connectivity index (χ1n) is 10.0. The Morgan fingerprint density at radius 1 is 0.909 bits per heavy atom. The van der Waals surface area contributed by atoms with Gasteiger partial charge >= 0.3 is 0 Å². The SMILES string of the molecule is COc1ccc(OC)c(S(=O)(=O)N/N=C/c2cccc(OC)c2OCc2ccccc2C)c1. The Kier molecular flexibility index (Phi) is 7.78.